The number of fused-ring (bicyclic) bond motifs is 1. The number of hydrogen-bond acceptors (Lipinski definition) is 10. The lowest BCUT2D eigenvalue weighted by Gasteiger charge is -2.42. The number of benzene rings is 2. The van der Waals surface area contributed by atoms with Crippen LogP contribution in [0.15, 0.2) is 48.0 Å². The Bertz CT molecular complexity index is 1640. The number of piperidine rings is 1. The molecule has 9 nitrogen and oxygen atoms in total. The fraction of sp³-hybridized carbons (Fsp3) is 0.419. The van der Waals surface area contributed by atoms with Crippen LogP contribution in [0, 0.1) is 0 Å². The van der Waals surface area contributed by atoms with E-state index in [1.165, 1.54) is 25.9 Å². The minimum atomic E-state index is -2.61. The van der Waals surface area contributed by atoms with E-state index in [2.05, 4.69) is 54.5 Å². The van der Waals surface area contributed by atoms with Crippen LogP contribution < -0.4 is 25.6 Å². The monoisotopic (exact) mass is 639 g/mol. The molecule has 2 aliphatic heterocycles. The molecule has 2 aromatic carbocycles. The topological polar surface area (TPSA) is 85.9 Å². The Morgan fingerprint density at radius 2 is 1.74 bits per heavy atom. The number of halogens is 1. The zero-order valence-corrected chi connectivity index (χ0v) is 27.6. The Morgan fingerprint density at radius 1 is 1.00 bits per heavy atom. The van der Waals surface area contributed by atoms with E-state index in [0.717, 1.165) is 64.4 Å². The van der Waals surface area contributed by atoms with Gasteiger partial charge < -0.3 is 29.7 Å². The molecule has 0 aliphatic carbocycles. The van der Waals surface area contributed by atoms with Crippen molar-refractivity contribution in [3.05, 3.63) is 53.0 Å². The zero-order chi connectivity index (χ0) is 30.1. The molecule has 2 aliphatic rings. The minimum absolute atomic E-state index is 0.367. The van der Waals surface area contributed by atoms with Gasteiger partial charge in [-0.1, -0.05) is 11.6 Å². The van der Waals surface area contributed by atoms with Crippen LogP contribution in [0.2, 0.25) is 5.02 Å². The Kier molecular flexibility index (Phi) is 8.85. The van der Waals surface area contributed by atoms with Gasteiger partial charge >= 0.3 is 0 Å². The van der Waals surface area contributed by atoms with E-state index < -0.39 is 7.14 Å². The Balaban J connectivity index is 1.17. The van der Waals surface area contributed by atoms with Crippen molar-refractivity contribution in [1.82, 2.24) is 19.8 Å². The van der Waals surface area contributed by atoms with Gasteiger partial charge in [-0.2, -0.15) is 4.98 Å². The number of thiophene rings is 1. The number of nitrogens with one attached hydrogen (secondary N) is 2. The third kappa shape index (κ3) is 6.64. The van der Waals surface area contributed by atoms with Gasteiger partial charge in [-0.15, -0.1) is 11.3 Å². The van der Waals surface area contributed by atoms with Crippen molar-refractivity contribution < 1.29 is 9.30 Å². The summed E-state index contributed by atoms with van der Waals surface area (Å²) in [5.74, 6) is 1.53. The smallest absolute Gasteiger partial charge is 0.229 e. The number of methoxy groups -OCH3 is 1. The standard InChI is InChI=1S/C31H39ClN7O2PS/c1-37-14-16-39(17-15-37)21-9-12-38(13-10-21)22-5-6-25(27(19-22)41-2)35-31-33-20-24(32)30(36-31)34-26-7-8-28-23(11-18-43-28)29(26)42(3,4)40/h5-8,11,18-21H,9-10,12-17H2,1-4H3,(H2,33,34,35,36). The van der Waals surface area contributed by atoms with Gasteiger partial charge in [0.1, 0.15) is 17.9 Å². The summed E-state index contributed by atoms with van der Waals surface area (Å²) in [6.45, 7) is 10.3. The maximum absolute atomic E-state index is 13.3. The summed E-state index contributed by atoms with van der Waals surface area (Å²) in [5, 5.41) is 10.8. The van der Waals surface area contributed by atoms with Crippen LogP contribution in [0.5, 0.6) is 5.75 Å². The van der Waals surface area contributed by atoms with E-state index >= 15 is 0 Å². The molecule has 0 atom stereocenters. The van der Waals surface area contributed by atoms with Crippen LogP contribution in [0.25, 0.3) is 10.1 Å². The number of ether oxygens (including phenoxy) is 1. The minimum Gasteiger partial charge on any atom is -0.494 e. The van der Waals surface area contributed by atoms with Crippen LogP contribution in [-0.2, 0) is 4.57 Å². The number of likely N-dealkylation sites (N-methyl/N-ethyl adjacent to an activating group) is 1. The first-order chi connectivity index (χ1) is 20.7. The zero-order valence-electron chi connectivity index (χ0n) is 25.1. The number of nitrogens with zero attached hydrogens (tertiary/aromatic N) is 5. The van der Waals surface area contributed by atoms with Crippen molar-refractivity contribution in [2.75, 3.05) is 82.3 Å². The fourth-order valence-corrected chi connectivity index (χ4v) is 8.62. The number of hydrogen-bond donors (Lipinski definition) is 2. The lowest BCUT2D eigenvalue weighted by atomic mass is 10.0. The van der Waals surface area contributed by atoms with Gasteiger partial charge in [0, 0.05) is 72.5 Å². The molecule has 0 amide bonds. The quantitative estimate of drug-likeness (QED) is 0.216. The van der Waals surface area contributed by atoms with Gasteiger partial charge in [0.15, 0.2) is 5.82 Å². The predicted molar refractivity (Wildman–Crippen MR) is 182 cm³/mol. The van der Waals surface area contributed by atoms with E-state index in [4.69, 9.17) is 16.3 Å². The number of anilines is 5. The van der Waals surface area contributed by atoms with Crippen molar-refractivity contribution in [3.8, 4) is 5.75 Å². The second-order valence-corrected chi connectivity index (χ2v) is 16.2. The third-order valence-corrected chi connectivity index (χ3v) is 11.2. The average molecular weight is 640 g/mol. The summed E-state index contributed by atoms with van der Waals surface area (Å²) in [7, 11) is 1.27. The Morgan fingerprint density at radius 3 is 2.47 bits per heavy atom. The summed E-state index contributed by atoms with van der Waals surface area (Å²) < 4.78 is 20.2. The molecule has 0 spiro atoms. The number of rotatable bonds is 8. The molecule has 0 unspecified atom stereocenters. The highest BCUT2D eigenvalue weighted by Crippen LogP contribution is 2.43. The van der Waals surface area contributed by atoms with E-state index in [-0.39, 0.29) is 0 Å². The summed E-state index contributed by atoms with van der Waals surface area (Å²) in [4.78, 5) is 16.6. The van der Waals surface area contributed by atoms with Crippen molar-refractivity contribution in [1.29, 1.82) is 0 Å². The maximum atomic E-state index is 13.3. The third-order valence-electron chi connectivity index (χ3n) is 8.46. The Hall–Kier alpha value is -2.88. The van der Waals surface area contributed by atoms with Gasteiger partial charge in [0.05, 0.1) is 24.7 Å². The molecular weight excluding hydrogens is 601 g/mol. The molecule has 4 aromatic rings. The molecule has 228 valence electrons. The Labute approximate surface area is 262 Å². The van der Waals surface area contributed by atoms with Crippen LogP contribution in [-0.4, -0.2) is 92.6 Å². The molecule has 4 heterocycles. The molecule has 0 radical (unpaired) electrons. The highest BCUT2D eigenvalue weighted by atomic mass is 35.5. The van der Waals surface area contributed by atoms with Crippen molar-refractivity contribution >= 4 is 74.3 Å². The van der Waals surface area contributed by atoms with Crippen LogP contribution >= 0.6 is 30.1 Å². The van der Waals surface area contributed by atoms with E-state index in [9.17, 15) is 4.57 Å². The number of aromatic nitrogens is 2. The molecule has 43 heavy (non-hydrogen) atoms. The summed E-state index contributed by atoms with van der Waals surface area (Å²) in [6.07, 6.45) is 3.91. The van der Waals surface area contributed by atoms with E-state index in [1.54, 1.807) is 38.0 Å². The normalized spacial score (nSPS) is 17.4. The van der Waals surface area contributed by atoms with Gasteiger partial charge in [-0.25, -0.2) is 4.98 Å². The molecular formula is C31H39ClN7O2PS. The second-order valence-electron chi connectivity index (χ2n) is 11.7. The molecule has 2 saturated heterocycles. The lowest BCUT2D eigenvalue weighted by Crippen LogP contribution is -2.52. The van der Waals surface area contributed by atoms with Gasteiger partial charge in [0.25, 0.3) is 0 Å². The summed E-state index contributed by atoms with van der Waals surface area (Å²) in [5.41, 5.74) is 2.64. The first-order valence-electron chi connectivity index (χ1n) is 14.7. The lowest BCUT2D eigenvalue weighted by molar-refractivity contribution is 0.0982. The van der Waals surface area contributed by atoms with E-state index in [0.29, 0.717) is 22.8 Å². The molecule has 0 saturated carbocycles. The van der Waals surface area contributed by atoms with Gasteiger partial charge in [-0.05, 0) is 68.9 Å². The summed E-state index contributed by atoms with van der Waals surface area (Å²) in [6, 6.07) is 12.9. The number of piperazine rings is 1. The first kappa shape index (κ1) is 30.2. The fourth-order valence-electron chi connectivity index (χ4n) is 6.13. The molecule has 2 fully saturated rings. The first-order valence-corrected chi connectivity index (χ1v) is 18.5. The SMILES string of the molecule is COc1cc(N2CCC(N3CCN(C)CC3)CC2)ccc1Nc1ncc(Cl)c(Nc2ccc3sccc3c2P(C)(C)=O)n1. The van der Waals surface area contributed by atoms with Crippen LogP contribution in [0.3, 0.4) is 0 Å². The molecule has 0 bridgehead atoms. The van der Waals surface area contributed by atoms with E-state index in [1.807, 2.05) is 29.6 Å². The van der Waals surface area contributed by atoms with Crippen molar-refractivity contribution in [2.24, 2.45) is 0 Å². The largest absolute Gasteiger partial charge is 0.494 e. The second kappa shape index (κ2) is 12.6. The summed E-state index contributed by atoms with van der Waals surface area (Å²) >= 11 is 8.16. The highest BCUT2D eigenvalue weighted by molar-refractivity contribution is 7.71. The molecule has 6 rings (SSSR count). The molecule has 2 aromatic heterocycles. The van der Waals surface area contributed by atoms with Crippen molar-refractivity contribution in [2.45, 2.75) is 18.9 Å². The molecule has 2 N–H and O–H groups in total. The highest BCUT2D eigenvalue weighted by Gasteiger charge is 2.27. The van der Waals surface area contributed by atoms with Crippen LogP contribution in [0.4, 0.5) is 28.8 Å². The average Bonchev–Trinajstić information content (AvgIpc) is 3.47. The van der Waals surface area contributed by atoms with Crippen LogP contribution in [0.1, 0.15) is 12.8 Å². The maximum Gasteiger partial charge on any atom is 0.229 e. The van der Waals surface area contributed by atoms with Gasteiger partial charge in [0.2, 0.25) is 5.95 Å². The van der Waals surface area contributed by atoms with Crippen molar-refractivity contribution in [3.63, 3.8) is 0 Å². The molecule has 12 heteroatoms. The predicted octanol–water partition coefficient (Wildman–Crippen LogP) is 6.30. The van der Waals surface area contributed by atoms with Gasteiger partial charge in [-0.3, -0.25) is 4.90 Å².